The van der Waals surface area contributed by atoms with Gasteiger partial charge < -0.3 is 14.2 Å². The van der Waals surface area contributed by atoms with Crippen LogP contribution >= 0.6 is 11.3 Å². The summed E-state index contributed by atoms with van der Waals surface area (Å²) in [5.41, 5.74) is -0.315. The van der Waals surface area contributed by atoms with Gasteiger partial charge >= 0.3 is 6.18 Å². The van der Waals surface area contributed by atoms with Gasteiger partial charge in [-0.15, -0.1) is 11.3 Å². The summed E-state index contributed by atoms with van der Waals surface area (Å²) in [6.45, 7) is -0.0429. The summed E-state index contributed by atoms with van der Waals surface area (Å²) < 4.78 is 56.5. The molecule has 0 amide bonds. The van der Waals surface area contributed by atoms with E-state index in [1.54, 1.807) is 12.1 Å². The van der Waals surface area contributed by atoms with E-state index < -0.39 is 11.7 Å². The summed E-state index contributed by atoms with van der Waals surface area (Å²) >= 11 is 1.42. The number of nitrogens with zero attached hydrogens (tertiary/aromatic N) is 2. The van der Waals surface area contributed by atoms with Gasteiger partial charge in [0.15, 0.2) is 5.82 Å². The average Bonchev–Trinajstić information content (AvgIpc) is 3.15. The largest absolute Gasteiger partial charge is 0.487 e. The first kappa shape index (κ1) is 20.9. The smallest absolute Gasteiger partial charge is 0.416 e. The third kappa shape index (κ3) is 4.41. The lowest BCUT2D eigenvalue weighted by Gasteiger charge is -2.11. The molecule has 0 fully saturated rings. The van der Waals surface area contributed by atoms with Crippen LogP contribution in [0.3, 0.4) is 0 Å². The van der Waals surface area contributed by atoms with Gasteiger partial charge in [0.05, 0.1) is 25.8 Å². The molecule has 31 heavy (non-hydrogen) atoms. The number of aromatic nitrogens is 2. The second kappa shape index (κ2) is 8.43. The molecule has 0 radical (unpaired) electrons. The summed E-state index contributed by atoms with van der Waals surface area (Å²) in [6.07, 6.45) is -4.42. The first-order valence-electron chi connectivity index (χ1n) is 9.17. The van der Waals surface area contributed by atoms with Gasteiger partial charge in [0.2, 0.25) is 11.8 Å². The van der Waals surface area contributed by atoms with E-state index in [-0.39, 0.29) is 6.61 Å². The Morgan fingerprint density at radius 1 is 0.903 bits per heavy atom. The van der Waals surface area contributed by atoms with E-state index in [9.17, 15) is 13.2 Å². The summed E-state index contributed by atoms with van der Waals surface area (Å²) in [7, 11) is 2.98. The highest BCUT2D eigenvalue weighted by Gasteiger charge is 2.30. The molecule has 4 aromatic rings. The Bertz CT molecular complexity index is 1200. The Balaban J connectivity index is 1.75. The van der Waals surface area contributed by atoms with Crippen LogP contribution in [0.15, 0.2) is 54.6 Å². The molecular formula is C22H17F3N2O3S. The molecule has 4 rings (SSSR count). The second-order valence-corrected chi connectivity index (χ2v) is 7.57. The van der Waals surface area contributed by atoms with Crippen molar-refractivity contribution in [3.8, 4) is 28.2 Å². The molecule has 0 saturated heterocycles. The molecule has 0 atom stereocenters. The Morgan fingerprint density at radius 3 is 2.29 bits per heavy atom. The number of rotatable bonds is 6. The molecule has 2 heterocycles. The van der Waals surface area contributed by atoms with E-state index in [0.717, 1.165) is 22.2 Å². The zero-order chi connectivity index (χ0) is 22.0. The molecule has 0 aliphatic rings. The van der Waals surface area contributed by atoms with Crippen LogP contribution in [0.2, 0.25) is 0 Å². The third-order valence-corrected chi connectivity index (χ3v) is 5.64. The quantitative estimate of drug-likeness (QED) is 0.365. The average molecular weight is 446 g/mol. The Hall–Kier alpha value is -3.33. The number of hydrogen-bond acceptors (Lipinski definition) is 6. The molecule has 160 valence electrons. The minimum atomic E-state index is -4.42. The van der Waals surface area contributed by atoms with Gasteiger partial charge in [0, 0.05) is 10.1 Å². The molecule has 5 nitrogen and oxygen atoms in total. The minimum Gasteiger partial charge on any atom is -0.487 e. The third-order valence-electron chi connectivity index (χ3n) is 4.49. The van der Waals surface area contributed by atoms with Gasteiger partial charge in [0.25, 0.3) is 0 Å². The zero-order valence-corrected chi connectivity index (χ0v) is 17.4. The SMILES string of the molecule is COc1cc(OC)nc(-c2sc3ccccc3c2OCc2cccc(C(F)(F)F)c2)n1. The van der Waals surface area contributed by atoms with Gasteiger partial charge in [-0.3, -0.25) is 0 Å². The van der Waals surface area contributed by atoms with E-state index in [1.165, 1.54) is 31.6 Å². The molecule has 0 saturated carbocycles. The number of ether oxygens (including phenoxy) is 3. The highest BCUT2D eigenvalue weighted by Crippen LogP contribution is 2.44. The van der Waals surface area contributed by atoms with Gasteiger partial charge in [-0.25, -0.2) is 0 Å². The van der Waals surface area contributed by atoms with E-state index in [2.05, 4.69) is 9.97 Å². The normalized spacial score (nSPS) is 11.5. The van der Waals surface area contributed by atoms with E-state index in [1.807, 2.05) is 24.3 Å². The van der Waals surface area contributed by atoms with Gasteiger partial charge in [0.1, 0.15) is 17.2 Å². The molecule has 2 aromatic heterocycles. The maximum absolute atomic E-state index is 13.0. The fraction of sp³-hybridized carbons (Fsp3) is 0.182. The Kier molecular flexibility index (Phi) is 5.69. The van der Waals surface area contributed by atoms with Crippen molar-refractivity contribution in [1.29, 1.82) is 0 Å². The summed E-state index contributed by atoms with van der Waals surface area (Å²) in [4.78, 5) is 9.42. The lowest BCUT2D eigenvalue weighted by Crippen LogP contribution is -2.06. The molecule has 0 spiro atoms. The standard InChI is InChI=1S/C22H17F3N2O3S/c1-28-17-11-18(29-2)27-21(26-17)20-19(15-8-3-4-9-16(15)31-20)30-12-13-6-5-7-14(10-13)22(23,24)25/h3-11H,12H2,1-2H3. The van der Waals surface area contributed by atoms with Gasteiger partial charge in [-0.2, -0.15) is 23.1 Å². The second-order valence-electron chi connectivity index (χ2n) is 6.52. The maximum Gasteiger partial charge on any atom is 0.416 e. The molecular weight excluding hydrogens is 429 g/mol. The Morgan fingerprint density at radius 2 is 1.61 bits per heavy atom. The zero-order valence-electron chi connectivity index (χ0n) is 16.6. The van der Waals surface area contributed by atoms with E-state index in [4.69, 9.17) is 14.2 Å². The predicted octanol–water partition coefficient (Wildman–Crippen LogP) is 5.97. The number of benzene rings is 2. The number of halogens is 3. The highest BCUT2D eigenvalue weighted by molar-refractivity contribution is 7.22. The number of thiophene rings is 1. The van der Waals surface area contributed by atoms with E-state index in [0.29, 0.717) is 33.8 Å². The highest BCUT2D eigenvalue weighted by atomic mass is 32.1. The van der Waals surface area contributed by atoms with Gasteiger partial charge in [-0.05, 0) is 29.8 Å². The van der Waals surface area contributed by atoms with Crippen LogP contribution in [-0.2, 0) is 12.8 Å². The van der Waals surface area contributed by atoms with Crippen molar-refractivity contribution < 1.29 is 27.4 Å². The molecule has 9 heteroatoms. The van der Waals surface area contributed by atoms with Crippen LogP contribution in [-0.4, -0.2) is 24.2 Å². The van der Waals surface area contributed by atoms with Crippen LogP contribution in [0.5, 0.6) is 17.5 Å². The van der Waals surface area contributed by atoms with Crippen LogP contribution in [0.1, 0.15) is 11.1 Å². The van der Waals surface area contributed by atoms with Crippen LogP contribution < -0.4 is 14.2 Å². The van der Waals surface area contributed by atoms with Crippen molar-refractivity contribution in [3.63, 3.8) is 0 Å². The topological polar surface area (TPSA) is 53.5 Å². The van der Waals surface area contributed by atoms with Crippen molar-refractivity contribution >= 4 is 21.4 Å². The fourth-order valence-electron chi connectivity index (χ4n) is 3.02. The first-order chi connectivity index (χ1) is 14.9. The molecule has 0 unspecified atom stereocenters. The van der Waals surface area contributed by atoms with Crippen molar-refractivity contribution in [1.82, 2.24) is 9.97 Å². The first-order valence-corrected chi connectivity index (χ1v) is 9.98. The lowest BCUT2D eigenvalue weighted by atomic mass is 10.1. The summed E-state index contributed by atoms with van der Waals surface area (Å²) in [5, 5.41) is 0.819. The van der Waals surface area contributed by atoms with Crippen molar-refractivity contribution in [2.75, 3.05) is 14.2 Å². The minimum absolute atomic E-state index is 0.0429. The van der Waals surface area contributed by atoms with Crippen molar-refractivity contribution in [2.45, 2.75) is 12.8 Å². The number of hydrogen-bond donors (Lipinski definition) is 0. The Labute approximate surface area is 180 Å². The van der Waals surface area contributed by atoms with Crippen LogP contribution in [0.25, 0.3) is 20.8 Å². The number of fused-ring (bicyclic) bond motifs is 1. The van der Waals surface area contributed by atoms with Crippen molar-refractivity contribution in [2.24, 2.45) is 0 Å². The summed E-state index contributed by atoms with van der Waals surface area (Å²) in [5.74, 6) is 1.48. The monoisotopic (exact) mass is 446 g/mol. The lowest BCUT2D eigenvalue weighted by molar-refractivity contribution is -0.137. The van der Waals surface area contributed by atoms with Gasteiger partial charge in [-0.1, -0.05) is 24.3 Å². The molecule has 2 aromatic carbocycles. The summed E-state index contributed by atoms with van der Waals surface area (Å²) in [6, 6.07) is 14.2. The molecule has 0 aliphatic carbocycles. The van der Waals surface area contributed by atoms with Crippen molar-refractivity contribution in [3.05, 3.63) is 65.7 Å². The number of alkyl halides is 3. The molecule has 0 bridgehead atoms. The fourth-order valence-corrected chi connectivity index (χ4v) is 4.10. The van der Waals surface area contributed by atoms with Crippen LogP contribution in [0.4, 0.5) is 13.2 Å². The molecule has 0 aliphatic heterocycles. The van der Waals surface area contributed by atoms with Crippen LogP contribution in [0, 0.1) is 0 Å². The number of methoxy groups -OCH3 is 2. The predicted molar refractivity (Wildman–Crippen MR) is 112 cm³/mol. The maximum atomic E-state index is 13.0. The molecule has 0 N–H and O–H groups in total. The van der Waals surface area contributed by atoms with E-state index >= 15 is 0 Å².